The number of pyridine rings is 1. The minimum absolute atomic E-state index is 0.178. The van der Waals surface area contributed by atoms with Crippen molar-refractivity contribution in [1.29, 1.82) is 0 Å². The normalized spacial score (nSPS) is 12.5. The van der Waals surface area contributed by atoms with Gasteiger partial charge in [0.05, 0.1) is 19.8 Å². The number of hydrogen-bond acceptors (Lipinski definition) is 1. The van der Waals surface area contributed by atoms with Crippen molar-refractivity contribution in [2.24, 2.45) is 0 Å². The van der Waals surface area contributed by atoms with Gasteiger partial charge in [0.25, 0.3) is 0 Å². The zero-order valence-corrected chi connectivity index (χ0v) is 14.5. The van der Waals surface area contributed by atoms with Crippen LogP contribution in [0.4, 0.5) is 0 Å². The number of fused-ring (bicyclic) bond motifs is 2. The van der Waals surface area contributed by atoms with E-state index >= 15 is 0 Å². The largest absolute Gasteiger partial charge is 0.248 e. The van der Waals surface area contributed by atoms with E-state index in [9.17, 15) is 0 Å². The lowest BCUT2D eigenvalue weighted by atomic mass is 9.86. The summed E-state index contributed by atoms with van der Waals surface area (Å²) in [4.78, 5) is 4.86. The first kappa shape index (κ1) is 14.3. The maximum atomic E-state index is 4.86. The summed E-state index contributed by atoms with van der Waals surface area (Å²) >= 11 is 0. The first-order valence-electron chi connectivity index (χ1n) is 7.51. The SMILES string of the molecule is C[Si](C)c1c(C(C)(C)C)ccc2nc3ccccc3cc12. The van der Waals surface area contributed by atoms with Gasteiger partial charge in [-0.05, 0) is 34.4 Å². The van der Waals surface area contributed by atoms with Crippen molar-refractivity contribution in [2.75, 3.05) is 0 Å². The molecule has 0 amide bonds. The third-order valence-corrected chi connectivity index (χ3v) is 5.55. The fourth-order valence-electron chi connectivity index (χ4n) is 3.01. The van der Waals surface area contributed by atoms with E-state index in [0.29, 0.717) is 0 Å². The predicted molar refractivity (Wildman–Crippen MR) is 95.1 cm³/mol. The van der Waals surface area contributed by atoms with Crippen LogP contribution >= 0.6 is 0 Å². The molecule has 2 aromatic carbocycles. The molecule has 3 aromatic rings. The van der Waals surface area contributed by atoms with Crippen LogP contribution in [0, 0.1) is 0 Å². The summed E-state index contributed by atoms with van der Waals surface area (Å²) < 4.78 is 0. The number of hydrogen-bond donors (Lipinski definition) is 0. The molecule has 0 spiro atoms. The van der Waals surface area contributed by atoms with Crippen molar-refractivity contribution >= 4 is 35.8 Å². The summed E-state index contributed by atoms with van der Waals surface area (Å²) in [6, 6.07) is 15.2. The summed E-state index contributed by atoms with van der Waals surface area (Å²) in [6.45, 7) is 11.7. The third kappa shape index (κ3) is 2.49. The zero-order chi connectivity index (χ0) is 15.2. The molecular weight excluding hydrogens is 270 g/mol. The van der Waals surface area contributed by atoms with Crippen LogP contribution in [0.25, 0.3) is 21.8 Å². The second kappa shape index (κ2) is 4.95. The maximum Gasteiger partial charge on any atom is 0.0804 e. The average Bonchev–Trinajstić information content (AvgIpc) is 2.42. The summed E-state index contributed by atoms with van der Waals surface area (Å²) in [7, 11) is -0.557. The molecule has 0 saturated heterocycles. The minimum Gasteiger partial charge on any atom is -0.248 e. The summed E-state index contributed by atoms with van der Waals surface area (Å²) in [5.41, 5.74) is 3.87. The van der Waals surface area contributed by atoms with Gasteiger partial charge in [-0.15, -0.1) is 0 Å². The van der Waals surface area contributed by atoms with Gasteiger partial charge < -0.3 is 0 Å². The van der Waals surface area contributed by atoms with Gasteiger partial charge in [0.15, 0.2) is 0 Å². The molecule has 0 aliphatic rings. The number of nitrogens with zero attached hydrogens (tertiary/aromatic N) is 1. The van der Waals surface area contributed by atoms with E-state index in [1.165, 1.54) is 16.3 Å². The molecule has 0 aliphatic heterocycles. The van der Waals surface area contributed by atoms with E-state index < -0.39 is 8.80 Å². The van der Waals surface area contributed by atoms with E-state index in [1.807, 2.05) is 0 Å². The molecule has 0 aliphatic carbocycles. The minimum atomic E-state index is -0.557. The standard InChI is InChI=1S/C19H22NSi/c1-19(2,3)15-10-11-17-14(18(15)21(4)5)12-13-8-6-7-9-16(13)20-17/h6-12H,1-5H3. The van der Waals surface area contributed by atoms with E-state index in [2.05, 4.69) is 76.3 Å². The molecule has 0 bridgehead atoms. The van der Waals surface area contributed by atoms with Crippen LogP contribution in [0.1, 0.15) is 26.3 Å². The number of rotatable bonds is 1. The zero-order valence-electron chi connectivity index (χ0n) is 13.5. The van der Waals surface area contributed by atoms with E-state index in [0.717, 1.165) is 11.0 Å². The molecule has 0 unspecified atom stereocenters. The lowest BCUT2D eigenvalue weighted by Gasteiger charge is -2.26. The molecule has 0 N–H and O–H groups in total. The Kier molecular flexibility index (Phi) is 3.37. The van der Waals surface area contributed by atoms with Gasteiger partial charge in [-0.2, -0.15) is 0 Å². The molecule has 1 heterocycles. The van der Waals surface area contributed by atoms with Gasteiger partial charge in [-0.3, -0.25) is 0 Å². The van der Waals surface area contributed by atoms with Crippen molar-refractivity contribution in [2.45, 2.75) is 39.3 Å². The first-order valence-corrected chi connectivity index (χ1v) is 10.0. The fourth-order valence-corrected chi connectivity index (χ4v) is 4.75. The fraction of sp³-hybridized carbons (Fsp3) is 0.316. The quantitative estimate of drug-likeness (QED) is 0.470. The Morgan fingerprint density at radius 3 is 2.29 bits per heavy atom. The highest BCUT2D eigenvalue weighted by Crippen LogP contribution is 2.26. The molecule has 0 fully saturated rings. The van der Waals surface area contributed by atoms with E-state index in [4.69, 9.17) is 4.98 Å². The van der Waals surface area contributed by atoms with Crippen LogP contribution in [-0.4, -0.2) is 13.8 Å². The van der Waals surface area contributed by atoms with Crippen LogP contribution < -0.4 is 5.19 Å². The summed E-state index contributed by atoms with van der Waals surface area (Å²) in [6.07, 6.45) is 0. The van der Waals surface area contributed by atoms with Crippen molar-refractivity contribution in [1.82, 2.24) is 4.98 Å². The van der Waals surface area contributed by atoms with Crippen molar-refractivity contribution in [3.63, 3.8) is 0 Å². The van der Waals surface area contributed by atoms with Gasteiger partial charge in [0, 0.05) is 10.8 Å². The maximum absolute atomic E-state index is 4.86. The van der Waals surface area contributed by atoms with E-state index in [-0.39, 0.29) is 5.41 Å². The van der Waals surface area contributed by atoms with Gasteiger partial charge in [0.1, 0.15) is 0 Å². The number of benzene rings is 2. The third-order valence-electron chi connectivity index (χ3n) is 4.01. The van der Waals surface area contributed by atoms with Crippen LogP contribution in [-0.2, 0) is 5.41 Å². The summed E-state index contributed by atoms with van der Waals surface area (Å²) in [5, 5.41) is 4.13. The molecule has 21 heavy (non-hydrogen) atoms. The van der Waals surface area contributed by atoms with Crippen molar-refractivity contribution in [3.8, 4) is 0 Å². The highest BCUT2D eigenvalue weighted by molar-refractivity contribution is 6.73. The molecular formula is C19H22NSi. The topological polar surface area (TPSA) is 12.9 Å². The Balaban J connectivity index is 2.44. The molecule has 2 heteroatoms. The molecule has 0 saturated carbocycles. The van der Waals surface area contributed by atoms with Crippen molar-refractivity contribution < 1.29 is 0 Å². The molecule has 1 radical (unpaired) electrons. The van der Waals surface area contributed by atoms with Crippen molar-refractivity contribution in [3.05, 3.63) is 48.0 Å². The lowest BCUT2D eigenvalue weighted by Crippen LogP contribution is -2.33. The predicted octanol–water partition coefficient (Wildman–Crippen LogP) is 4.65. The Bertz CT molecular complexity index is 813. The Labute approximate surface area is 128 Å². The highest BCUT2D eigenvalue weighted by Gasteiger charge is 2.22. The van der Waals surface area contributed by atoms with Crippen LogP contribution in [0.15, 0.2) is 42.5 Å². The van der Waals surface area contributed by atoms with Crippen LogP contribution in [0.3, 0.4) is 0 Å². The van der Waals surface area contributed by atoms with Gasteiger partial charge in [-0.25, -0.2) is 4.98 Å². The first-order chi connectivity index (χ1) is 9.88. The Morgan fingerprint density at radius 2 is 1.62 bits per heavy atom. The highest BCUT2D eigenvalue weighted by atomic mass is 28.3. The molecule has 1 nitrogen and oxygen atoms in total. The molecule has 1 aromatic heterocycles. The summed E-state index contributed by atoms with van der Waals surface area (Å²) in [5.74, 6) is 0. The van der Waals surface area contributed by atoms with Crippen LogP contribution in [0.2, 0.25) is 13.1 Å². The number of aromatic nitrogens is 1. The van der Waals surface area contributed by atoms with Gasteiger partial charge >= 0.3 is 0 Å². The van der Waals surface area contributed by atoms with E-state index in [1.54, 1.807) is 5.19 Å². The van der Waals surface area contributed by atoms with Crippen LogP contribution in [0.5, 0.6) is 0 Å². The monoisotopic (exact) mass is 292 g/mol. The average molecular weight is 292 g/mol. The Morgan fingerprint density at radius 1 is 0.905 bits per heavy atom. The molecule has 3 rings (SSSR count). The van der Waals surface area contributed by atoms with Gasteiger partial charge in [0.2, 0.25) is 0 Å². The Hall–Kier alpha value is -1.67. The molecule has 0 atom stereocenters. The second-order valence-electron chi connectivity index (χ2n) is 6.99. The number of para-hydroxylation sites is 1. The second-order valence-corrected chi connectivity index (χ2v) is 9.49. The lowest BCUT2D eigenvalue weighted by molar-refractivity contribution is 0.594. The molecule has 107 valence electrons. The van der Waals surface area contributed by atoms with Gasteiger partial charge in [-0.1, -0.05) is 58.1 Å². The smallest absolute Gasteiger partial charge is 0.0804 e.